The van der Waals surface area contributed by atoms with Crippen LogP contribution in [0.3, 0.4) is 0 Å². The van der Waals surface area contributed by atoms with Gasteiger partial charge >= 0.3 is 6.16 Å². The van der Waals surface area contributed by atoms with Crippen LogP contribution in [0.2, 0.25) is 0 Å². The number of hydrogen-bond acceptors (Lipinski definition) is 4. The fourth-order valence-corrected chi connectivity index (χ4v) is 0.990. The molecule has 1 atom stereocenters. The van der Waals surface area contributed by atoms with Gasteiger partial charge in [-0.05, 0) is 19.1 Å². The van der Waals surface area contributed by atoms with Crippen LogP contribution < -0.4 is 9.47 Å². The third-order valence-electron chi connectivity index (χ3n) is 1.50. The van der Waals surface area contributed by atoms with Gasteiger partial charge in [0, 0.05) is 6.07 Å². The Labute approximate surface area is 92.7 Å². The Morgan fingerprint density at radius 3 is 2.67 bits per heavy atom. The van der Waals surface area contributed by atoms with Gasteiger partial charge in [-0.1, -0.05) is 17.7 Å². The lowest BCUT2D eigenvalue weighted by atomic mass is 10.3. The molecular weight excluding hydrogens is 220 g/mol. The maximum absolute atomic E-state index is 11.1. The molecule has 82 valence electrons. The van der Waals surface area contributed by atoms with Crippen molar-refractivity contribution in [1.82, 2.24) is 0 Å². The van der Waals surface area contributed by atoms with E-state index in [0.29, 0.717) is 11.5 Å². The zero-order valence-corrected chi connectivity index (χ0v) is 9.15. The van der Waals surface area contributed by atoms with Crippen LogP contribution in [0, 0.1) is 0 Å². The molecule has 1 aromatic rings. The first-order chi connectivity index (χ1) is 7.11. The maximum atomic E-state index is 11.1. The van der Waals surface area contributed by atoms with Gasteiger partial charge in [-0.15, -0.1) is 0 Å². The normalized spacial score (nSPS) is 11.7. The van der Waals surface area contributed by atoms with Gasteiger partial charge in [0.2, 0.25) is 0 Å². The number of rotatable bonds is 3. The van der Waals surface area contributed by atoms with E-state index in [-0.39, 0.29) is 0 Å². The summed E-state index contributed by atoms with van der Waals surface area (Å²) in [7, 11) is 1.53. The van der Waals surface area contributed by atoms with Gasteiger partial charge in [0.05, 0.1) is 7.11 Å². The minimum absolute atomic E-state index is 0.344. The van der Waals surface area contributed by atoms with Crippen LogP contribution in [0.5, 0.6) is 11.5 Å². The second-order valence-corrected chi connectivity index (χ2v) is 3.31. The molecule has 5 heteroatoms. The Bertz CT molecular complexity index is 338. The number of ether oxygens (including phenoxy) is 3. The Hall–Kier alpha value is -1.42. The van der Waals surface area contributed by atoms with Gasteiger partial charge in [0.25, 0.3) is 0 Å². The third kappa shape index (κ3) is 4.08. The van der Waals surface area contributed by atoms with E-state index in [2.05, 4.69) is 4.74 Å². The van der Waals surface area contributed by atoms with Crippen molar-refractivity contribution < 1.29 is 19.0 Å². The molecule has 0 heterocycles. The molecule has 0 aromatic heterocycles. The van der Waals surface area contributed by atoms with Gasteiger partial charge in [-0.3, -0.25) is 0 Å². The number of carbonyl (C=O) groups is 1. The molecule has 0 saturated heterocycles. The van der Waals surface area contributed by atoms with Crippen molar-refractivity contribution in [1.29, 1.82) is 0 Å². The summed E-state index contributed by atoms with van der Waals surface area (Å²) in [4.78, 5) is 11.1. The molecule has 4 nitrogen and oxygen atoms in total. The lowest BCUT2D eigenvalue weighted by Crippen LogP contribution is -2.14. The van der Waals surface area contributed by atoms with Crippen molar-refractivity contribution in [3.63, 3.8) is 0 Å². The zero-order chi connectivity index (χ0) is 11.3. The smallest absolute Gasteiger partial charge is 0.497 e. The summed E-state index contributed by atoms with van der Waals surface area (Å²) in [5.41, 5.74) is -0.719. The fourth-order valence-electron chi connectivity index (χ4n) is 0.918. The summed E-state index contributed by atoms with van der Waals surface area (Å²) in [6.07, 6.45) is -0.842. The van der Waals surface area contributed by atoms with E-state index in [9.17, 15) is 4.79 Å². The molecule has 0 fully saturated rings. The summed E-state index contributed by atoms with van der Waals surface area (Å²) < 4.78 is 14.4. The fraction of sp³-hybridized carbons (Fsp3) is 0.300. The second kappa shape index (κ2) is 5.46. The number of methoxy groups -OCH3 is 1. The van der Waals surface area contributed by atoms with Gasteiger partial charge in [-0.25, -0.2) is 4.79 Å². The molecule has 0 bridgehead atoms. The van der Waals surface area contributed by atoms with E-state index in [1.807, 2.05) is 0 Å². The predicted molar refractivity (Wildman–Crippen MR) is 55.4 cm³/mol. The highest BCUT2D eigenvalue weighted by Crippen LogP contribution is 2.19. The Morgan fingerprint density at radius 2 is 2.07 bits per heavy atom. The zero-order valence-electron chi connectivity index (χ0n) is 8.40. The number of carbonyl (C=O) groups excluding carboxylic acids is 1. The van der Waals surface area contributed by atoms with Crippen molar-refractivity contribution in [3.8, 4) is 11.5 Å². The minimum atomic E-state index is -0.842. The van der Waals surface area contributed by atoms with Crippen LogP contribution in [-0.2, 0) is 4.74 Å². The molecule has 1 rings (SSSR count). The summed E-state index contributed by atoms with van der Waals surface area (Å²) in [6, 6.07) is 6.62. The number of benzene rings is 1. The van der Waals surface area contributed by atoms with Crippen LogP contribution in [0.1, 0.15) is 6.92 Å². The SMILES string of the molecule is COc1cccc(OC(=O)OC(C)Cl)c1. The van der Waals surface area contributed by atoms with Crippen molar-refractivity contribution in [3.05, 3.63) is 24.3 Å². The number of alkyl halides is 1. The maximum Gasteiger partial charge on any atom is 0.515 e. The quantitative estimate of drug-likeness (QED) is 0.455. The van der Waals surface area contributed by atoms with Crippen molar-refractivity contribution >= 4 is 17.8 Å². The first-order valence-corrected chi connectivity index (χ1v) is 4.72. The van der Waals surface area contributed by atoms with Crippen LogP contribution in [0.15, 0.2) is 24.3 Å². The molecule has 0 aliphatic rings. The van der Waals surface area contributed by atoms with E-state index < -0.39 is 11.7 Å². The highest BCUT2D eigenvalue weighted by molar-refractivity contribution is 6.19. The van der Waals surface area contributed by atoms with E-state index in [1.54, 1.807) is 24.3 Å². The highest BCUT2D eigenvalue weighted by Gasteiger charge is 2.09. The first kappa shape index (κ1) is 11.7. The topological polar surface area (TPSA) is 44.8 Å². The number of hydrogen-bond donors (Lipinski definition) is 0. The van der Waals surface area contributed by atoms with E-state index in [1.165, 1.54) is 14.0 Å². The standard InChI is InChI=1S/C10H11ClO4/c1-7(11)14-10(12)15-9-5-3-4-8(6-9)13-2/h3-7H,1-2H3. The van der Waals surface area contributed by atoms with Crippen LogP contribution >= 0.6 is 11.6 Å². The van der Waals surface area contributed by atoms with Gasteiger partial charge < -0.3 is 14.2 Å². The van der Waals surface area contributed by atoms with Gasteiger partial charge in [0.15, 0.2) is 5.56 Å². The Morgan fingerprint density at radius 1 is 1.40 bits per heavy atom. The molecule has 1 unspecified atom stereocenters. The molecular formula is C10H11ClO4. The summed E-state index contributed by atoms with van der Waals surface area (Å²) in [5, 5.41) is 0. The second-order valence-electron chi connectivity index (χ2n) is 2.69. The molecule has 0 N–H and O–H groups in total. The average molecular weight is 231 g/mol. The summed E-state index contributed by atoms with van der Waals surface area (Å²) >= 11 is 5.45. The minimum Gasteiger partial charge on any atom is -0.497 e. The summed E-state index contributed by atoms with van der Waals surface area (Å²) in [6.45, 7) is 1.52. The largest absolute Gasteiger partial charge is 0.515 e. The molecule has 15 heavy (non-hydrogen) atoms. The van der Waals surface area contributed by atoms with Gasteiger partial charge in [0.1, 0.15) is 11.5 Å². The lowest BCUT2D eigenvalue weighted by Gasteiger charge is -2.07. The first-order valence-electron chi connectivity index (χ1n) is 4.28. The predicted octanol–water partition coefficient (Wildman–Crippen LogP) is 2.80. The number of halogens is 1. The monoisotopic (exact) mass is 230 g/mol. The summed E-state index contributed by atoms with van der Waals surface area (Å²) in [5.74, 6) is 0.941. The van der Waals surface area contributed by atoms with Gasteiger partial charge in [-0.2, -0.15) is 0 Å². The van der Waals surface area contributed by atoms with Crippen LogP contribution in [0.25, 0.3) is 0 Å². The molecule has 0 saturated carbocycles. The van der Waals surface area contributed by atoms with Crippen LogP contribution in [0.4, 0.5) is 4.79 Å². The van der Waals surface area contributed by atoms with Crippen molar-refractivity contribution in [2.45, 2.75) is 12.5 Å². The van der Waals surface area contributed by atoms with E-state index in [4.69, 9.17) is 21.1 Å². The average Bonchev–Trinajstić information content (AvgIpc) is 2.16. The van der Waals surface area contributed by atoms with E-state index in [0.717, 1.165) is 0 Å². The lowest BCUT2D eigenvalue weighted by molar-refractivity contribution is 0.0923. The third-order valence-corrected chi connectivity index (χ3v) is 1.59. The Kier molecular flexibility index (Phi) is 4.24. The molecule has 0 aliphatic carbocycles. The molecule has 0 spiro atoms. The van der Waals surface area contributed by atoms with E-state index >= 15 is 0 Å². The molecule has 0 aliphatic heterocycles. The Balaban J connectivity index is 2.60. The highest BCUT2D eigenvalue weighted by atomic mass is 35.5. The van der Waals surface area contributed by atoms with Crippen molar-refractivity contribution in [2.24, 2.45) is 0 Å². The molecule has 0 amide bonds. The molecule has 1 aromatic carbocycles. The van der Waals surface area contributed by atoms with Crippen molar-refractivity contribution in [2.75, 3.05) is 7.11 Å². The molecule has 0 radical (unpaired) electrons. The van der Waals surface area contributed by atoms with Crippen LogP contribution in [-0.4, -0.2) is 18.8 Å².